The molecular formula is C11H14O11. The molecule has 0 aliphatic carbocycles. The third kappa shape index (κ3) is 9.91. The van der Waals surface area contributed by atoms with Crippen LogP contribution >= 0.6 is 0 Å². The number of hydrogen-bond acceptors (Lipinski definition) is 6. The molecule has 0 spiro atoms. The normalized spacial score (nSPS) is 9.86. The average Bonchev–Trinajstić information content (AvgIpc) is 2.25. The zero-order chi connectivity index (χ0) is 18.1. The van der Waals surface area contributed by atoms with E-state index in [4.69, 9.17) is 30.6 Å². The highest BCUT2D eigenvalue weighted by Crippen LogP contribution is 2.15. The first-order valence-electron chi connectivity index (χ1n) is 5.34. The van der Waals surface area contributed by atoms with Crippen LogP contribution in [-0.2, 0) is 24.0 Å². The zero-order valence-electron chi connectivity index (χ0n) is 11.1. The highest BCUT2D eigenvalue weighted by molar-refractivity contribution is 5.91. The van der Waals surface area contributed by atoms with Crippen LogP contribution < -0.4 is 0 Å². The van der Waals surface area contributed by atoms with Gasteiger partial charge in [0.15, 0.2) is 5.60 Å². The zero-order valence-corrected chi connectivity index (χ0v) is 11.1. The Labute approximate surface area is 122 Å². The molecular weight excluding hydrogens is 308 g/mol. The monoisotopic (exact) mass is 322 g/mol. The minimum absolute atomic E-state index is 0.303. The minimum atomic E-state index is -2.74. The maximum absolute atomic E-state index is 10.3. The van der Waals surface area contributed by atoms with Gasteiger partial charge in [-0.1, -0.05) is 6.58 Å². The second-order valence-corrected chi connectivity index (χ2v) is 3.96. The highest BCUT2D eigenvalue weighted by Gasteiger charge is 2.40. The summed E-state index contributed by atoms with van der Waals surface area (Å²) in [4.78, 5) is 50.1. The number of rotatable bonds is 8. The molecule has 0 fully saturated rings. The van der Waals surface area contributed by atoms with Gasteiger partial charge >= 0.3 is 29.8 Å². The van der Waals surface area contributed by atoms with E-state index in [9.17, 15) is 24.0 Å². The van der Waals surface area contributed by atoms with Gasteiger partial charge in [-0.05, 0) is 0 Å². The van der Waals surface area contributed by atoms with Crippen molar-refractivity contribution in [2.45, 2.75) is 24.9 Å². The molecule has 0 heterocycles. The van der Waals surface area contributed by atoms with Crippen molar-refractivity contribution in [2.24, 2.45) is 0 Å². The van der Waals surface area contributed by atoms with Crippen LogP contribution in [0.2, 0.25) is 0 Å². The molecule has 0 unspecified atom stereocenters. The first-order valence-corrected chi connectivity index (χ1v) is 5.34. The summed E-state index contributed by atoms with van der Waals surface area (Å²) >= 11 is 0. The van der Waals surface area contributed by atoms with Gasteiger partial charge in [0.25, 0.3) is 0 Å². The Balaban J connectivity index is 0. The second kappa shape index (κ2) is 9.07. The molecule has 0 aromatic carbocycles. The first kappa shape index (κ1) is 21.4. The van der Waals surface area contributed by atoms with E-state index >= 15 is 0 Å². The Hall–Kier alpha value is -2.95. The van der Waals surface area contributed by atoms with Crippen LogP contribution in [0.5, 0.6) is 0 Å². The van der Waals surface area contributed by atoms with Crippen molar-refractivity contribution < 1.29 is 54.6 Å². The quantitative estimate of drug-likeness (QED) is 0.294. The van der Waals surface area contributed by atoms with Crippen molar-refractivity contribution in [1.82, 2.24) is 0 Å². The summed E-state index contributed by atoms with van der Waals surface area (Å²) in [6.07, 6.45) is -2.79. The lowest BCUT2D eigenvalue weighted by atomic mass is 9.96. The van der Waals surface area contributed by atoms with Gasteiger partial charge in [0, 0.05) is 5.57 Å². The molecule has 0 aromatic rings. The lowest BCUT2D eigenvalue weighted by Gasteiger charge is -2.18. The molecule has 0 rings (SSSR count). The van der Waals surface area contributed by atoms with Crippen LogP contribution in [-0.4, -0.2) is 66.1 Å². The Morgan fingerprint density at radius 3 is 1.27 bits per heavy atom. The summed E-state index contributed by atoms with van der Waals surface area (Å²) in [7, 11) is 0. The molecule has 0 saturated carbocycles. The van der Waals surface area contributed by atoms with Crippen molar-refractivity contribution in [2.75, 3.05) is 0 Å². The maximum Gasteiger partial charge on any atom is 0.336 e. The fourth-order valence-corrected chi connectivity index (χ4v) is 0.972. The maximum atomic E-state index is 10.3. The van der Waals surface area contributed by atoms with Gasteiger partial charge in [0.1, 0.15) is 0 Å². The lowest BCUT2D eigenvalue weighted by molar-refractivity contribution is -0.170. The van der Waals surface area contributed by atoms with E-state index in [0.29, 0.717) is 0 Å². The Morgan fingerprint density at radius 2 is 1.14 bits per heavy atom. The summed E-state index contributed by atoms with van der Waals surface area (Å²) < 4.78 is 0. The van der Waals surface area contributed by atoms with Crippen molar-refractivity contribution in [1.29, 1.82) is 0 Å². The van der Waals surface area contributed by atoms with Gasteiger partial charge in [-0.2, -0.15) is 0 Å². The van der Waals surface area contributed by atoms with Crippen LogP contribution in [0.25, 0.3) is 0 Å². The molecule has 0 bridgehead atoms. The number of carboxylic acid groups (broad SMARTS) is 5. The summed E-state index contributed by atoms with van der Waals surface area (Å²) in [6, 6.07) is 0. The SMILES string of the molecule is C=C(CC(=O)O)C(=O)O.O=C(O)CC(O)(CC(=O)O)C(=O)O. The highest BCUT2D eigenvalue weighted by atomic mass is 16.4. The van der Waals surface area contributed by atoms with Crippen LogP contribution in [0.4, 0.5) is 0 Å². The Bertz CT molecular complexity index is 474. The molecule has 6 N–H and O–H groups in total. The molecule has 0 radical (unpaired) electrons. The van der Waals surface area contributed by atoms with Crippen LogP contribution in [0.3, 0.4) is 0 Å². The van der Waals surface area contributed by atoms with Crippen LogP contribution in [0.15, 0.2) is 12.2 Å². The van der Waals surface area contributed by atoms with Gasteiger partial charge in [-0.15, -0.1) is 0 Å². The van der Waals surface area contributed by atoms with Crippen molar-refractivity contribution in [3.8, 4) is 0 Å². The fourth-order valence-electron chi connectivity index (χ4n) is 0.972. The molecule has 0 aliphatic rings. The summed E-state index contributed by atoms with van der Waals surface area (Å²) in [5.41, 5.74) is -3.04. The second-order valence-electron chi connectivity index (χ2n) is 3.96. The summed E-state index contributed by atoms with van der Waals surface area (Å²) in [5, 5.41) is 49.9. The van der Waals surface area contributed by atoms with Gasteiger partial charge in [0.05, 0.1) is 19.3 Å². The fraction of sp³-hybridized carbons (Fsp3) is 0.364. The van der Waals surface area contributed by atoms with Crippen molar-refractivity contribution >= 4 is 29.8 Å². The van der Waals surface area contributed by atoms with E-state index in [2.05, 4.69) is 6.58 Å². The summed E-state index contributed by atoms with van der Waals surface area (Å²) in [5.74, 6) is -7.46. The van der Waals surface area contributed by atoms with Gasteiger partial charge in [0.2, 0.25) is 0 Å². The number of carbonyl (C=O) groups is 5. The predicted molar refractivity (Wildman–Crippen MR) is 66.1 cm³/mol. The van der Waals surface area contributed by atoms with Crippen molar-refractivity contribution in [3.63, 3.8) is 0 Å². The Morgan fingerprint density at radius 1 is 0.773 bits per heavy atom. The molecule has 124 valence electrons. The largest absolute Gasteiger partial charge is 0.481 e. The van der Waals surface area contributed by atoms with E-state index < -0.39 is 54.7 Å². The van der Waals surface area contributed by atoms with Gasteiger partial charge in [-0.25, -0.2) is 9.59 Å². The molecule has 0 aromatic heterocycles. The molecule has 11 nitrogen and oxygen atoms in total. The molecule has 0 amide bonds. The van der Waals surface area contributed by atoms with Gasteiger partial charge < -0.3 is 30.6 Å². The van der Waals surface area contributed by atoms with E-state index in [1.165, 1.54) is 0 Å². The molecule has 11 heteroatoms. The van der Waals surface area contributed by atoms with Gasteiger partial charge in [-0.3, -0.25) is 14.4 Å². The van der Waals surface area contributed by atoms with E-state index in [0.717, 1.165) is 0 Å². The number of aliphatic hydroxyl groups is 1. The van der Waals surface area contributed by atoms with E-state index in [1.807, 2.05) is 0 Å². The van der Waals surface area contributed by atoms with Crippen molar-refractivity contribution in [3.05, 3.63) is 12.2 Å². The van der Waals surface area contributed by atoms with E-state index in [-0.39, 0.29) is 5.57 Å². The summed E-state index contributed by atoms with van der Waals surface area (Å²) in [6.45, 7) is 3.01. The Kier molecular flexibility index (Phi) is 8.80. The minimum Gasteiger partial charge on any atom is -0.481 e. The van der Waals surface area contributed by atoms with Crippen LogP contribution in [0, 0.1) is 0 Å². The first-order chi connectivity index (χ1) is 9.81. The lowest BCUT2D eigenvalue weighted by Crippen LogP contribution is -2.42. The number of carboxylic acids is 5. The molecule has 0 atom stereocenters. The third-order valence-electron chi connectivity index (χ3n) is 1.95. The number of hydrogen-bond donors (Lipinski definition) is 6. The molecule has 22 heavy (non-hydrogen) atoms. The standard InChI is InChI=1S/C6H8O7.C5H6O4/c7-3(8)1-6(13,5(11)12)2-4(9)10;1-3(5(8)9)2-4(6)7/h13H,1-2H2,(H,7,8)(H,9,10)(H,11,12);1-2H2,(H,6,7)(H,8,9). The third-order valence-corrected chi connectivity index (χ3v) is 1.95. The van der Waals surface area contributed by atoms with E-state index in [1.54, 1.807) is 0 Å². The van der Waals surface area contributed by atoms with Crippen LogP contribution in [0.1, 0.15) is 19.3 Å². The molecule has 0 aliphatic heterocycles. The average molecular weight is 322 g/mol. The number of aliphatic carboxylic acids is 5. The molecule has 0 saturated heterocycles. The smallest absolute Gasteiger partial charge is 0.336 e. The predicted octanol–water partition coefficient (Wildman–Crippen LogP) is -1.15. The topological polar surface area (TPSA) is 207 Å².